The Morgan fingerprint density at radius 2 is 1.82 bits per heavy atom. The Morgan fingerprint density at radius 3 is 2.48 bits per heavy atom. The first-order valence-corrected chi connectivity index (χ1v) is 11.9. The average molecular weight is 465 g/mol. The zero-order valence-electron chi connectivity index (χ0n) is 17.9. The number of rotatable bonds is 6. The molecule has 0 bridgehead atoms. The van der Waals surface area contributed by atoms with Crippen LogP contribution in [0, 0.1) is 5.82 Å². The van der Waals surface area contributed by atoms with Crippen molar-refractivity contribution < 1.29 is 12.8 Å². The molecule has 10 heteroatoms. The Morgan fingerprint density at radius 1 is 1.06 bits per heavy atom. The monoisotopic (exact) mass is 464 g/mol. The molecule has 4 aromatic rings. The van der Waals surface area contributed by atoms with E-state index >= 15 is 0 Å². The first-order chi connectivity index (χ1) is 15.7. The third kappa shape index (κ3) is 4.96. The molecule has 0 saturated heterocycles. The number of halogens is 1. The van der Waals surface area contributed by atoms with Gasteiger partial charge in [-0.15, -0.1) is 0 Å². The van der Waals surface area contributed by atoms with E-state index in [1.807, 2.05) is 6.92 Å². The number of benzene rings is 2. The highest BCUT2D eigenvalue weighted by Crippen LogP contribution is 2.38. The number of hydrogen-bond acceptors (Lipinski definition) is 8. The van der Waals surface area contributed by atoms with Gasteiger partial charge in [-0.2, -0.15) is 4.98 Å². The summed E-state index contributed by atoms with van der Waals surface area (Å²) in [5.41, 5.74) is 8.50. The summed E-state index contributed by atoms with van der Waals surface area (Å²) < 4.78 is 37.8. The van der Waals surface area contributed by atoms with Crippen molar-refractivity contribution in [1.82, 2.24) is 19.9 Å². The summed E-state index contributed by atoms with van der Waals surface area (Å²) in [4.78, 5) is 17.3. The molecule has 0 radical (unpaired) electrons. The summed E-state index contributed by atoms with van der Waals surface area (Å²) in [6.45, 7) is 1.92. The fraction of sp³-hybridized carbons (Fsp3) is 0.130. The van der Waals surface area contributed by atoms with Crippen molar-refractivity contribution in [3.8, 4) is 11.3 Å². The zero-order chi connectivity index (χ0) is 23.6. The van der Waals surface area contributed by atoms with E-state index in [-0.39, 0.29) is 22.6 Å². The van der Waals surface area contributed by atoms with Crippen molar-refractivity contribution in [2.75, 3.05) is 17.3 Å². The largest absolute Gasteiger partial charge is 0.368 e. The molecule has 4 rings (SSSR count). The van der Waals surface area contributed by atoms with Crippen LogP contribution in [0.1, 0.15) is 24.0 Å². The first-order valence-electron chi connectivity index (χ1n) is 9.99. The molecule has 2 heterocycles. The Bertz CT molecular complexity index is 1400. The van der Waals surface area contributed by atoms with E-state index in [9.17, 15) is 12.8 Å². The second-order valence-corrected chi connectivity index (χ2v) is 9.50. The van der Waals surface area contributed by atoms with E-state index in [0.717, 1.165) is 11.8 Å². The standard InChI is InChI=1S/C23H21FN6O2S/c1-14(15-6-8-17(24)9-7-15)20-21(16-4-3-5-18(12-16)33(2,31)32)29-23(25)30-22(20)28-19-13-26-10-11-27-19/h3-14H,1-2H3,(H3,25,27,28,29,30). The minimum atomic E-state index is -3.44. The van der Waals surface area contributed by atoms with Crippen molar-refractivity contribution in [2.24, 2.45) is 0 Å². The topological polar surface area (TPSA) is 124 Å². The summed E-state index contributed by atoms with van der Waals surface area (Å²) >= 11 is 0. The summed E-state index contributed by atoms with van der Waals surface area (Å²) in [7, 11) is -3.44. The Balaban J connectivity index is 1.95. The number of aromatic nitrogens is 4. The van der Waals surface area contributed by atoms with Crippen molar-refractivity contribution in [3.05, 3.63) is 84.1 Å². The summed E-state index contributed by atoms with van der Waals surface area (Å²) in [6, 6.07) is 12.6. The SMILES string of the molecule is CC(c1ccc(F)cc1)c1c(Nc2cnccn2)nc(N)nc1-c1cccc(S(C)(=O)=O)c1. The van der Waals surface area contributed by atoms with Crippen LogP contribution < -0.4 is 11.1 Å². The van der Waals surface area contributed by atoms with Crippen LogP contribution >= 0.6 is 0 Å². The second kappa shape index (κ2) is 8.91. The quantitative estimate of drug-likeness (QED) is 0.440. The molecule has 0 fully saturated rings. The van der Waals surface area contributed by atoms with Crippen molar-refractivity contribution >= 4 is 27.4 Å². The molecule has 33 heavy (non-hydrogen) atoms. The number of nitrogens with two attached hydrogens (primary N) is 1. The van der Waals surface area contributed by atoms with E-state index < -0.39 is 9.84 Å². The van der Waals surface area contributed by atoms with Gasteiger partial charge in [0.05, 0.1) is 16.8 Å². The Kier molecular flexibility index (Phi) is 6.01. The molecule has 0 saturated carbocycles. The predicted octanol–water partition coefficient (Wildman–Crippen LogP) is 3.95. The predicted molar refractivity (Wildman–Crippen MR) is 124 cm³/mol. The maximum absolute atomic E-state index is 13.5. The number of nitrogen functional groups attached to an aromatic ring is 1. The fourth-order valence-electron chi connectivity index (χ4n) is 3.49. The molecule has 1 atom stereocenters. The van der Waals surface area contributed by atoms with Crippen LogP contribution in [0.2, 0.25) is 0 Å². The lowest BCUT2D eigenvalue weighted by molar-refractivity contribution is 0.602. The maximum Gasteiger partial charge on any atom is 0.222 e. The Labute approximate surface area is 190 Å². The zero-order valence-corrected chi connectivity index (χ0v) is 18.7. The normalized spacial score (nSPS) is 12.3. The van der Waals surface area contributed by atoms with Crippen LogP contribution in [0.25, 0.3) is 11.3 Å². The van der Waals surface area contributed by atoms with Crippen LogP contribution in [0.3, 0.4) is 0 Å². The van der Waals surface area contributed by atoms with E-state index in [4.69, 9.17) is 5.73 Å². The lowest BCUT2D eigenvalue weighted by Crippen LogP contribution is -2.11. The molecule has 0 aliphatic heterocycles. The molecule has 168 valence electrons. The fourth-order valence-corrected chi connectivity index (χ4v) is 4.16. The highest BCUT2D eigenvalue weighted by atomic mass is 32.2. The van der Waals surface area contributed by atoms with Crippen molar-refractivity contribution in [1.29, 1.82) is 0 Å². The molecule has 1 unspecified atom stereocenters. The highest BCUT2D eigenvalue weighted by molar-refractivity contribution is 7.90. The highest BCUT2D eigenvalue weighted by Gasteiger charge is 2.23. The third-order valence-corrected chi connectivity index (χ3v) is 6.22. The Hall–Kier alpha value is -3.92. The van der Waals surface area contributed by atoms with Gasteiger partial charge in [-0.1, -0.05) is 31.2 Å². The van der Waals surface area contributed by atoms with E-state index in [0.29, 0.717) is 28.5 Å². The second-order valence-electron chi connectivity index (χ2n) is 7.48. The molecule has 0 amide bonds. The molecule has 3 N–H and O–H groups in total. The van der Waals surface area contributed by atoms with Gasteiger partial charge in [-0.05, 0) is 29.8 Å². The lowest BCUT2D eigenvalue weighted by Gasteiger charge is -2.21. The molecule has 8 nitrogen and oxygen atoms in total. The van der Waals surface area contributed by atoms with Crippen LogP contribution in [0.4, 0.5) is 22.0 Å². The number of sulfone groups is 1. The van der Waals surface area contributed by atoms with Crippen LogP contribution in [0.15, 0.2) is 72.0 Å². The number of hydrogen-bond donors (Lipinski definition) is 2. The van der Waals surface area contributed by atoms with E-state index in [1.54, 1.807) is 36.5 Å². The summed E-state index contributed by atoms with van der Waals surface area (Å²) in [5, 5.41) is 3.13. The van der Waals surface area contributed by atoms with Gasteiger partial charge in [0.2, 0.25) is 5.95 Å². The van der Waals surface area contributed by atoms with Crippen LogP contribution in [-0.4, -0.2) is 34.6 Å². The van der Waals surface area contributed by atoms with Gasteiger partial charge in [0.1, 0.15) is 17.5 Å². The van der Waals surface area contributed by atoms with Gasteiger partial charge in [0.15, 0.2) is 9.84 Å². The van der Waals surface area contributed by atoms with Gasteiger partial charge in [-0.25, -0.2) is 22.8 Å². The first kappa shape index (κ1) is 22.3. The van der Waals surface area contributed by atoms with Gasteiger partial charge < -0.3 is 11.1 Å². The van der Waals surface area contributed by atoms with Gasteiger partial charge >= 0.3 is 0 Å². The molecular formula is C23H21FN6O2S. The van der Waals surface area contributed by atoms with Gasteiger partial charge in [0.25, 0.3) is 0 Å². The van der Waals surface area contributed by atoms with E-state index in [2.05, 4.69) is 25.3 Å². The minimum Gasteiger partial charge on any atom is -0.368 e. The molecule has 0 aliphatic rings. The molecule has 2 aromatic heterocycles. The third-order valence-electron chi connectivity index (χ3n) is 5.11. The van der Waals surface area contributed by atoms with Gasteiger partial charge in [-0.3, -0.25) is 4.98 Å². The van der Waals surface area contributed by atoms with Gasteiger partial charge in [0, 0.05) is 35.7 Å². The number of nitrogens with one attached hydrogen (secondary N) is 1. The molecule has 2 aromatic carbocycles. The number of anilines is 3. The lowest BCUT2D eigenvalue weighted by atomic mass is 9.90. The average Bonchev–Trinajstić information content (AvgIpc) is 2.79. The van der Waals surface area contributed by atoms with Crippen molar-refractivity contribution in [3.63, 3.8) is 0 Å². The minimum absolute atomic E-state index is 0.00351. The molecule has 0 aliphatic carbocycles. The van der Waals surface area contributed by atoms with Crippen LogP contribution in [-0.2, 0) is 9.84 Å². The number of nitrogens with zero attached hydrogens (tertiary/aromatic N) is 4. The van der Waals surface area contributed by atoms with E-state index in [1.165, 1.54) is 30.6 Å². The molecular weight excluding hydrogens is 443 g/mol. The smallest absolute Gasteiger partial charge is 0.222 e. The van der Waals surface area contributed by atoms with Crippen molar-refractivity contribution in [2.45, 2.75) is 17.7 Å². The summed E-state index contributed by atoms with van der Waals surface area (Å²) in [5.74, 6) is 0.176. The van der Waals surface area contributed by atoms with Crippen LogP contribution in [0.5, 0.6) is 0 Å². The maximum atomic E-state index is 13.5. The summed E-state index contributed by atoms with van der Waals surface area (Å²) in [6.07, 6.45) is 5.76. The molecule has 0 spiro atoms.